The normalized spacial score (nSPS) is 23.0. The highest BCUT2D eigenvalue weighted by Gasteiger charge is 2.49. The molecule has 0 saturated heterocycles. The number of rotatable bonds is 4. The van der Waals surface area contributed by atoms with Gasteiger partial charge in [-0.15, -0.1) is 0 Å². The van der Waals surface area contributed by atoms with Crippen molar-refractivity contribution >= 4 is 23.4 Å². The fourth-order valence-corrected chi connectivity index (χ4v) is 3.48. The van der Waals surface area contributed by atoms with Gasteiger partial charge in [-0.1, -0.05) is 54.1 Å². The third kappa shape index (κ3) is 3.02. The Labute approximate surface area is 140 Å². The van der Waals surface area contributed by atoms with Crippen molar-refractivity contribution in [2.75, 3.05) is 7.11 Å². The minimum absolute atomic E-state index is 0.0177. The van der Waals surface area contributed by atoms with Crippen molar-refractivity contribution in [3.05, 3.63) is 70.7 Å². The van der Waals surface area contributed by atoms with E-state index in [0.717, 1.165) is 17.5 Å². The third-order valence-electron chi connectivity index (χ3n) is 4.59. The molecule has 0 spiro atoms. The van der Waals surface area contributed by atoms with E-state index in [1.54, 1.807) is 0 Å². The minimum Gasteiger partial charge on any atom is -0.463 e. The molecule has 0 N–H and O–H groups in total. The molecule has 0 bridgehead atoms. The summed E-state index contributed by atoms with van der Waals surface area (Å²) in [7, 11) is 1.24. The summed E-state index contributed by atoms with van der Waals surface area (Å²) in [5, 5.41) is 0.656. The smallest absolute Gasteiger partial charge is 0.374 e. The Kier molecular flexibility index (Phi) is 4.49. The Morgan fingerprint density at radius 3 is 2.09 bits per heavy atom. The van der Waals surface area contributed by atoms with Gasteiger partial charge >= 0.3 is 5.97 Å². The second kappa shape index (κ2) is 6.55. The summed E-state index contributed by atoms with van der Waals surface area (Å²) in [4.78, 5) is 24.3. The summed E-state index contributed by atoms with van der Waals surface area (Å²) in [6.45, 7) is 0. The molecule has 2 aromatic rings. The lowest BCUT2D eigenvalue weighted by atomic mass is 9.58. The molecule has 118 valence electrons. The lowest BCUT2D eigenvalue weighted by Gasteiger charge is -2.44. The van der Waals surface area contributed by atoms with E-state index in [1.165, 1.54) is 7.11 Å². The molecule has 0 unspecified atom stereocenters. The quantitative estimate of drug-likeness (QED) is 0.630. The first-order chi connectivity index (χ1) is 11.1. The van der Waals surface area contributed by atoms with Crippen LogP contribution in [-0.4, -0.2) is 18.9 Å². The van der Waals surface area contributed by atoms with Crippen molar-refractivity contribution in [3.8, 4) is 0 Å². The summed E-state index contributed by atoms with van der Waals surface area (Å²) in [5.74, 6) is -1.54. The van der Waals surface area contributed by atoms with Crippen LogP contribution in [0.25, 0.3) is 0 Å². The average Bonchev–Trinajstić information content (AvgIpc) is 2.56. The fourth-order valence-electron chi connectivity index (χ4n) is 3.35. The highest BCUT2D eigenvalue weighted by Crippen LogP contribution is 2.53. The number of halogens is 1. The number of carbonyl (C=O) groups excluding carboxylic acids is 2. The number of carbonyl (C=O) groups is 2. The molecule has 0 radical (unpaired) electrons. The zero-order valence-corrected chi connectivity index (χ0v) is 13.5. The number of hydrogen-bond donors (Lipinski definition) is 0. The molecule has 3 atom stereocenters. The molecule has 1 aliphatic rings. The van der Waals surface area contributed by atoms with Gasteiger partial charge in [0, 0.05) is 10.9 Å². The topological polar surface area (TPSA) is 43.4 Å². The van der Waals surface area contributed by atoms with Crippen molar-refractivity contribution in [1.29, 1.82) is 0 Å². The Hall–Kier alpha value is -2.13. The summed E-state index contributed by atoms with van der Waals surface area (Å²) in [6, 6.07) is 17.3. The molecule has 0 heterocycles. The van der Waals surface area contributed by atoms with Gasteiger partial charge in [0.1, 0.15) is 0 Å². The van der Waals surface area contributed by atoms with E-state index in [0.29, 0.717) is 5.02 Å². The van der Waals surface area contributed by atoms with Crippen molar-refractivity contribution in [1.82, 2.24) is 0 Å². The molecular formula is C19H17ClO3. The Bertz CT molecular complexity index is 709. The Morgan fingerprint density at radius 2 is 1.52 bits per heavy atom. The number of Topliss-reactive ketones (excluding diaryl/α,β-unsaturated/α-hetero) is 1. The molecule has 1 fully saturated rings. The van der Waals surface area contributed by atoms with Gasteiger partial charge in [-0.05, 0) is 41.5 Å². The van der Waals surface area contributed by atoms with E-state index in [2.05, 4.69) is 4.74 Å². The van der Waals surface area contributed by atoms with Crippen LogP contribution >= 0.6 is 11.6 Å². The largest absolute Gasteiger partial charge is 0.463 e. The van der Waals surface area contributed by atoms with Crippen LogP contribution in [0.4, 0.5) is 0 Å². The molecule has 3 nitrogen and oxygen atoms in total. The second-order valence-corrected chi connectivity index (χ2v) is 6.23. The number of hydrogen-bond acceptors (Lipinski definition) is 3. The number of ketones is 1. The van der Waals surface area contributed by atoms with Crippen LogP contribution in [0.5, 0.6) is 0 Å². The lowest BCUT2D eigenvalue weighted by molar-refractivity contribution is -0.155. The SMILES string of the molecule is COC(=O)C(=O)[C@@H]1[C@@H](c2ccc(Cl)cc2)C[C@H]1c1ccccc1. The maximum atomic E-state index is 12.5. The van der Waals surface area contributed by atoms with E-state index in [1.807, 2.05) is 54.6 Å². The van der Waals surface area contributed by atoms with Gasteiger partial charge in [0.15, 0.2) is 0 Å². The molecule has 2 aromatic carbocycles. The first-order valence-electron chi connectivity index (χ1n) is 7.54. The van der Waals surface area contributed by atoms with Gasteiger partial charge in [-0.25, -0.2) is 4.79 Å². The standard InChI is InChI=1S/C19H17ClO3/c1-23-19(22)18(21)17-15(12-5-3-2-4-6-12)11-16(17)13-7-9-14(20)10-8-13/h2-10,15-17H,11H2,1H3/t15-,16+,17-/m0/s1. The van der Waals surface area contributed by atoms with Crippen molar-refractivity contribution in [3.63, 3.8) is 0 Å². The molecule has 3 rings (SSSR count). The van der Waals surface area contributed by atoms with Crippen molar-refractivity contribution in [2.45, 2.75) is 18.3 Å². The predicted molar refractivity (Wildman–Crippen MR) is 88.5 cm³/mol. The minimum atomic E-state index is -0.769. The van der Waals surface area contributed by atoms with Crippen LogP contribution < -0.4 is 0 Å². The van der Waals surface area contributed by atoms with Gasteiger partial charge in [0.2, 0.25) is 5.78 Å². The first kappa shape index (κ1) is 15.8. The summed E-state index contributed by atoms with van der Waals surface area (Å²) in [5.41, 5.74) is 2.11. The number of methoxy groups -OCH3 is 1. The van der Waals surface area contributed by atoms with Gasteiger partial charge in [-0.3, -0.25) is 4.79 Å². The lowest BCUT2D eigenvalue weighted by Crippen LogP contribution is -2.42. The van der Waals surface area contributed by atoms with Gasteiger partial charge in [-0.2, -0.15) is 0 Å². The van der Waals surface area contributed by atoms with Crippen LogP contribution in [0.1, 0.15) is 29.4 Å². The Balaban J connectivity index is 1.91. The van der Waals surface area contributed by atoms with Crippen LogP contribution in [0.15, 0.2) is 54.6 Å². The molecule has 0 amide bonds. The molecule has 1 aliphatic carbocycles. The van der Waals surface area contributed by atoms with Gasteiger partial charge in [0.25, 0.3) is 0 Å². The second-order valence-electron chi connectivity index (χ2n) is 5.79. The monoisotopic (exact) mass is 328 g/mol. The Morgan fingerprint density at radius 1 is 0.957 bits per heavy atom. The molecule has 0 aromatic heterocycles. The first-order valence-corrected chi connectivity index (χ1v) is 7.92. The van der Waals surface area contributed by atoms with E-state index in [-0.39, 0.29) is 17.8 Å². The van der Waals surface area contributed by atoms with Crippen LogP contribution in [0.2, 0.25) is 5.02 Å². The van der Waals surface area contributed by atoms with E-state index >= 15 is 0 Å². The van der Waals surface area contributed by atoms with Crippen LogP contribution in [-0.2, 0) is 14.3 Å². The summed E-state index contributed by atoms with van der Waals surface area (Å²) < 4.78 is 4.65. The molecule has 4 heteroatoms. The third-order valence-corrected chi connectivity index (χ3v) is 4.84. The zero-order valence-electron chi connectivity index (χ0n) is 12.7. The highest BCUT2D eigenvalue weighted by atomic mass is 35.5. The zero-order chi connectivity index (χ0) is 16.4. The molecular weight excluding hydrogens is 312 g/mol. The predicted octanol–water partition coefficient (Wildman–Crippen LogP) is 3.97. The number of benzene rings is 2. The van der Waals surface area contributed by atoms with E-state index in [4.69, 9.17) is 11.6 Å². The fraction of sp³-hybridized carbons (Fsp3) is 0.263. The van der Waals surface area contributed by atoms with Crippen LogP contribution in [0, 0.1) is 5.92 Å². The maximum Gasteiger partial charge on any atom is 0.374 e. The van der Waals surface area contributed by atoms with E-state index < -0.39 is 11.8 Å². The van der Waals surface area contributed by atoms with Gasteiger partial charge in [0.05, 0.1) is 7.11 Å². The highest BCUT2D eigenvalue weighted by molar-refractivity contribution is 6.35. The molecule has 0 aliphatic heterocycles. The molecule has 23 heavy (non-hydrogen) atoms. The maximum absolute atomic E-state index is 12.5. The molecule has 1 saturated carbocycles. The van der Waals surface area contributed by atoms with Crippen LogP contribution in [0.3, 0.4) is 0 Å². The van der Waals surface area contributed by atoms with Crippen molar-refractivity contribution < 1.29 is 14.3 Å². The summed E-state index contributed by atoms with van der Waals surface area (Å²) >= 11 is 5.93. The number of ether oxygens (including phenoxy) is 1. The summed E-state index contributed by atoms with van der Waals surface area (Å²) in [6.07, 6.45) is 0.832. The number of esters is 1. The van der Waals surface area contributed by atoms with Crippen molar-refractivity contribution in [2.24, 2.45) is 5.92 Å². The van der Waals surface area contributed by atoms with Gasteiger partial charge < -0.3 is 4.74 Å². The van der Waals surface area contributed by atoms with E-state index in [9.17, 15) is 9.59 Å². The average molecular weight is 329 g/mol.